The third-order valence-corrected chi connectivity index (χ3v) is 1.71. The van der Waals surface area contributed by atoms with Crippen molar-refractivity contribution in [2.45, 2.75) is 19.6 Å². The molecule has 0 aliphatic heterocycles. The van der Waals surface area contributed by atoms with Crippen molar-refractivity contribution in [2.24, 2.45) is 0 Å². The van der Waals surface area contributed by atoms with Gasteiger partial charge < -0.3 is 15.5 Å². The van der Waals surface area contributed by atoms with Gasteiger partial charge in [-0.3, -0.25) is 0 Å². The first-order chi connectivity index (χ1) is 6.18. The highest BCUT2D eigenvalue weighted by Gasteiger charge is 1.95. The van der Waals surface area contributed by atoms with Crippen LogP contribution < -0.4 is 5.32 Å². The SMILES string of the molecule is C[C@@H](O)CNCc1ccc(O)cc1. The van der Waals surface area contributed by atoms with Crippen molar-refractivity contribution < 1.29 is 10.2 Å². The van der Waals surface area contributed by atoms with E-state index in [2.05, 4.69) is 5.32 Å². The number of hydrogen-bond donors (Lipinski definition) is 3. The molecular formula is C10H15NO2. The van der Waals surface area contributed by atoms with Gasteiger partial charge in [-0.1, -0.05) is 12.1 Å². The van der Waals surface area contributed by atoms with Crippen LogP contribution in [0, 0.1) is 0 Å². The zero-order chi connectivity index (χ0) is 9.68. The van der Waals surface area contributed by atoms with E-state index in [0.29, 0.717) is 13.1 Å². The van der Waals surface area contributed by atoms with Crippen LogP contribution in [0.1, 0.15) is 12.5 Å². The van der Waals surface area contributed by atoms with Gasteiger partial charge in [0.15, 0.2) is 0 Å². The lowest BCUT2D eigenvalue weighted by atomic mass is 10.2. The lowest BCUT2D eigenvalue weighted by molar-refractivity contribution is 0.191. The minimum absolute atomic E-state index is 0.277. The number of aliphatic hydroxyl groups is 1. The Morgan fingerprint density at radius 3 is 2.46 bits per heavy atom. The molecule has 1 atom stereocenters. The first-order valence-electron chi connectivity index (χ1n) is 4.35. The largest absolute Gasteiger partial charge is 0.508 e. The molecule has 1 aromatic carbocycles. The van der Waals surface area contributed by atoms with Gasteiger partial charge in [0.2, 0.25) is 0 Å². The summed E-state index contributed by atoms with van der Waals surface area (Å²) in [6.07, 6.45) is -0.322. The Bertz CT molecular complexity index is 244. The predicted molar refractivity (Wildman–Crippen MR) is 51.5 cm³/mol. The summed E-state index contributed by atoms with van der Waals surface area (Å²) in [5, 5.41) is 21.1. The summed E-state index contributed by atoms with van der Waals surface area (Å²) in [4.78, 5) is 0. The lowest BCUT2D eigenvalue weighted by Crippen LogP contribution is -2.23. The number of aliphatic hydroxyl groups excluding tert-OH is 1. The van der Waals surface area contributed by atoms with Crippen molar-refractivity contribution in [2.75, 3.05) is 6.54 Å². The van der Waals surface area contributed by atoms with Gasteiger partial charge in [0, 0.05) is 13.1 Å². The maximum atomic E-state index is 9.01. The van der Waals surface area contributed by atoms with E-state index in [1.54, 1.807) is 19.1 Å². The average Bonchev–Trinajstić information content (AvgIpc) is 2.08. The molecular weight excluding hydrogens is 166 g/mol. The highest BCUT2D eigenvalue weighted by molar-refractivity contribution is 5.25. The van der Waals surface area contributed by atoms with E-state index in [1.807, 2.05) is 12.1 Å². The van der Waals surface area contributed by atoms with Crippen molar-refractivity contribution in [3.63, 3.8) is 0 Å². The normalized spacial score (nSPS) is 12.8. The Morgan fingerprint density at radius 1 is 1.31 bits per heavy atom. The van der Waals surface area contributed by atoms with Crippen molar-refractivity contribution in [3.05, 3.63) is 29.8 Å². The summed E-state index contributed by atoms with van der Waals surface area (Å²) in [5.41, 5.74) is 1.10. The summed E-state index contributed by atoms with van der Waals surface area (Å²) in [5.74, 6) is 0.277. The van der Waals surface area contributed by atoms with Crippen LogP contribution in [0.3, 0.4) is 0 Å². The van der Waals surface area contributed by atoms with Gasteiger partial charge in [0.1, 0.15) is 5.75 Å². The van der Waals surface area contributed by atoms with Gasteiger partial charge in [-0.15, -0.1) is 0 Å². The number of benzene rings is 1. The molecule has 0 saturated heterocycles. The van der Waals surface area contributed by atoms with Gasteiger partial charge in [-0.05, 0) is 24.6 Å². The fraction of sp³-hybridized carbons (Fsp3) is 0.400. The van der Waals surface area contributed by atoms with Gasteiger partial charge >= 0.3 is 0 Å². The second-order valence-corrected chi connectivity index (χ2v) is 3.15. The summed E-state index contributed by atoms with van der Waals surface area (Å²) in [7, 11) is 0. The average molecular weight is 181 g/mol. The summed E-state index contributed by atoms with van der Waals surface area (Å²) >= 11 is 0. The third kappa shape index (κ3) is 3.92. The van der Waals surface area contributed by atoms with E-state index in [9.17, 15) is 0 Å². The van der Waals surface area contributed by atoms with E-state index in [0.717, 1.165) is 5.56 Å². The molecule has 0 radical (unpaired) electrons. The highest BCUT2D eigenvalue weighted by Crippen LogP contribution is 2.08. The molecule has 0 amide bonds. The monoisotopic (exact) mass is 181 g/mol. The number of nitrogens with one attached hydrogen (secondary N) is 1. The molecule has 1 rings (SSSR count). The van der Waals surface area contributed by atoms with Crippen LogP contribution in [0.15, 0.2) is 24.3 Å². The Labute approximate surface area is 78.0 Å². The quantitative estimate of drug-likeness (QED) is 0.646. The van der Waals surface area contributed by atoms with Crippen LogP contribution >= 0.6 is 0 Å². The molecule has 0 bridgehead atoms. The van der Waals surface area contributed by atoms with Gasteiger partial charge in [-0.25, -0.2) is 0 Å². The molecule has 0 unspecified atom stereocenters. The topological polar surface area (TPSA) is 52.5 Å². The zero-order valence-electron chi connectivity index (χ0n) is 7.70. The molecule has 0 aliphatic carbocycles. The highest BCUT2D eigenvalue weighted by atomic mass is 16.3. The summed E-state index contributed by atoms with van der Waals surface area (Å²) in [6.45, 7) is 3.04. The molecule has 72 valence electrons. The minimum Gasteiger partial charge on any atom is -0.508 e. The molecule has 13 heavy (non-hydrogen) atoms. The predicted octanol–water partition coefficient (Wildman–Crippen LogP) is 0.863. The summed E-state index contributed by atoms with van der Waals surface area (Å²) in [6, 6.07) is 7.01. The van der Waals surface area contributed by atoms with E-state index in [4.69, 9.17) is 10.2 Å². The maximum absolute atomic E-state index is 9.01. The maximum Gasteiger partial charge on any atom is 0.115 e. The van der Waals surface area contributed by atoms with Gasteiger partial charge in [0.05, 0.1) is 6.10 Å². The number of phenolic OH excluding ortho intramolecular Hbond substituents is 1. The Kier molecular flexibility index (Phi) is 3.73. The van der Waals surface area contributed by atoms with Crippen molar-refractivity contribution >= 4 is 0 Å². The van der Waals surface area contributed by atoms with Crippen LogP contribution in [-0.4, -0.2) is 22.9 Å². The Hall–Kier alpha value is -1.06. The van der Waals surface area contributed by atoms with Crippen LogP contribution in [0.25, 0.3) is 0 Å². The van der Waals surface area contributed by atoms with Gasteiger partial charge in [-0.2, -0.15) is 0 Å². The number of phenols is 1. The van der Waals surface area contributed by atoms with Crippen LogP contribution in [-0.2, 0) is 6.54 Å². The number of hydrogen-bond acceptors (Lipinski definition) is 3. The molecule has 0 heterocycles. The summed E-state index contributed by atoms with van der Waals surface area (Å²) < 4.78 is 0. The molecule has 0 aromatic heterocycles. The molecule has 3 nitrogen and oxygen atoms in total. The second-order valence-electron chi connectivity index (χ2n) is 3.15. The van der Waals surface area contributed by atoms with E-state index in [-0.39, 0.29) is 11.9 Å². The fourth-order valence-electron chi connectivity index (χ4n) is 1.04. The molecule has 0 fully saturated rings. The van der Waals surface area contributed by atoms with Crippen molar-refractivity contribution in [3.8, 4) is 5.75 Å². The fourth-order valence-corrected chi connectivity index (χ4v) is 1.04. The van der Waals surface area contributed by atoms with E-state index >= 15 is 0 Å². The third-order valence-electron chi connectivity index (χ3n) is 1.71. The smallest absolute Gasteiger partial charge is 0.115 e. The molecule has 0 aliphatic rings. The van der Waals surface area contributed by atoms with Crippen LogP contribution in [0.4, 0.5) is 0 Å². The lowest BCUT2D eigenvalue weighted by Gasteiger charge is -2.06. The standard InChI is InChI=1S/C10H15NO2/c1-8(12)6-11-7-9-2-4-10(13)5-3-9/h2-5,8,11-13H,6-7H2,1H3/t8-/m1/s1. The Morgan fingerprint density at radius 2 is 1.92 bits per heavy atom. The van der Waals surface area contributed by atoms with Crippen LogP contribution in [0.5, 0.6) is 5.75 Å². The molecule has 0 spiro atoms. The zero-order valence-corrected chi connectivity index (χ0v) is 7.70. The second kappa shape index (κ2) is 4.84. The first-order valence-corrected chi connectivity index (χ1v) is 4.35. The van der Waals surface area contributed by atoms with E-state index in [1.165, 1.54) is 0 Å². The first kappa shape index (κ1) is 10.0. The molecule has 3 heteroatoms. The molecule has 3 N–H and O–H groups in total. The minimum atomic E-state index is -0.322. The number of rotatable bonds is 4. The van der Waals surface area contributed by atoms with Crippen molar-refractivity contribution in [1.29, 1.82) is 0 Å². The number of aromatic hydroxyl groups is 1. The molecule has 0 saturated carbocycles. The van der Waals surface area contributed by atoms with Crippen LogP contribution in [0.2, 0.25) is 0 Å². The Balaban J connectivity index is 2.33. The molecule has 1 aromatic rings. The van der Waals surface area contributed by atoms with Crippen molar-refractivity contribution in [1.82, 2.24) is 5.32 Å². The van der Waals surface area contributed by atoms with E-state index < -0.39 is 0 Å². The van der Waals surface area contributed by atoms with Gasteiger partial charge in [0.25, 0.3) is 0 Å².